The first-order chi connectivity index (χ1) is 14.6. The molecule has 0 radical (unpaired) electrons. The Morgan fingerprint density at radius 1 is 1.31 bits per heavy atom. The number of phosphoric acid groups is 1. The summed E-state index contributed by atoms with van der Waals surface area (Å²) in [7, 11) is -4.93. The number of hydrogen-bond donors (Lipinski definition) is 4. The highest BCUT2D eigenvalue weighted by atomic mass is 31.2. The van der Waals surface area contributed by atoms with Crippen LogP contribution in [0, 0.1) is 28.6 Å². The lowest BCUT2D eigenvalue weighted by Gasteiger charge is -2.62. The van der Waals surface area contributed by atoms with Crippen molar-refractivity contribution in [1.82, 2.24) is 0 Å². The number of allylic oxidation sites excluding steroid dienone is 4. The third-order valence-corrected chi connectivity index (χ3v) is 9.48. The molecule has 4 rings (SSSR count). The van der Waals surface area contributed by atoms with Crippen LogP contribution in [0.15, 0.2) is 23.8 Å². The van der Waals surface area contributed by atoms with Gasteiger partial charge in [0.05, 0.1) is 6.10 Å². The molecule has 4 N–H and O–H groups in total. The monoisotopic (exact) mass is 472 g/mol. The molecule has 0 spiro atoms. The van der Waals surface area contributed by atoms with E-state index in [1.165, 1.54) is 18.2 Å². The molecule has 0 heterocycles. The maximum Gasteiger partial charge on any atom is 0.470 e. The number of hydrogen-bond acceptors (Lipinski definition) is 6. The zero-order chi connectivity index (χ0) is 23.9. The SMILES string of the molecule is C[C@@H]1C[C@H]2[C@H]3CCC4=CC(=O)C=C[C@]4(C)[C@@]3(F)[C@@H](O)C[C@]2(C)[C@@]1(O)C(=O)COP(=O)(O)O. The standard InChI is InChI=1S/C22H30FO8P/c1-12-8-16-15-5-4-13-9-14(24)6-7-19(13,2)21(15,23)17(25)10-20(16,3)22(12,27)18(26)11-31-32(28,29)30/h6-7,9,12,15-17,25,27H,4-5,8,10-11H2,1-3H3,(H2,28,29,30)/t12-,15-,16+,17+,19+,20+,21+,22+/m1/s1. The fourth-order valence-electron chi connectivity index (χ4n) is 7.39. The Balaban J connectivity index is 1.74. The van der Waals surface area contributed by atoms with Crippen LogP contribution in [0.3, 0.4) is 0 Å². The Kier molecular flexibility index (Phi) is 5.34. The van der Waals surface area contributed by atoms with Gasteiger partial charge < -0.3 is 20.0 Å². The molecule has 0 aromatic carbocycles. The molecule has 0 unspecified atom stereocenters. The number of fused-ring (bicyclic) bond motifs is 5. The van der Waals surface area contributed by atoms with E-state index in [0.717, 1.165) is 0 Å². The van der Waals surface area contributed by atoms with Crippen LogP contribution in [0.5, 0.6) is 0 Å². The van der Waals surface area contributed by atoms with Crippen molar-refractivity contribution >= 4 is 19.4 Å². The molecule has 178 valence electrons. The summed E-state index contributed by atoms with van der Waals surface area (Å²) in [5.74, 6) is -2.87. The summed E-state index contributed by atoms with van der Waals surface area (Å²) < 4.78 is 32.5. The first-order valence-corrected chi connectivity index (χ1v) is 12.4. The van der Waals surface area contributed by atoms with E-state index >= 15 is 4.39 Å². The van der Waals surface area contributed by atoms with Crippen molar-refractivity contribution in [3.05, 3.63) is 23.8 Å². The molecule has 4 aliphatic carbocycles. The fraction of sp³-hybridized carbons (Fsp3) is 0.727. The second kappa shape index (κ2) is 7.14. The molecule has 10 heteroatoms. The maximum atomic E-state index is 17.0. The van der Waals surface area contributed by atoms with Gasteiger partial charge in [0, 0.05) is 16.7 Å². The normalized spacial score (nSPS) is 48.0. The van der Waals surface area contributed by atoms with Gasteiger partial charge in [0.15, 0.2) is 17.2 Å². The predicted molar refractivity (Wildman–Crippen MR) is 111 cm³/mol. The number of ketones is 2. The van der Waals surface area contributed by atoms with Crippen LogP contribution in [-0.4, -0.2) is 55.5 Å². The van der Waals surface area contributed by atoms with Crippen molar-refractivity contribution in [2.75, 3.05) is 6.61 Å². The molecule has 0 aliphatic heterocycles. The van der Waals surface area contributed by atoms with Crippen molar-refractivity contribution in [2.45, 2.75) is 63.8 Å². The van der Waals surface area contributed by atoms with Gasteiger partial charge in [-0.3, -0.25) is 14.1 Å². The molecular weight excluding hydrogens is 442 g/mol. The molecule has 8 atom stereocenters. The van der Waals surface area contributed by atoms with Gasteiger partial charge in [0.2, 0.25) is 0 Å². The summed E-state index contributed by atoms with van der Waals surface area (Å²) in [5.41, 5.74) is -5.88. The van der Waals surface area contributed by atoms with Crippen molar-refractivity contribution in [2.24, 2.45) is 28.6 Å². The first-order valence-electron chi connectivity index (χ1n) is 10.9. The smallest absolute Gasteiger partial charge is 0.390 e. The fourth-order valence-corrected chi connectivity index (χ4v) is 7.68. The Morgan fingerprint density at radius 3 is 2.59 bits per heavy atom. The lowest BCUT2D eigenvalue weighted by atomic mass is 9.44. The molecule has 4 aliphatic rings. The molecule has 0 bridgehead atoms. The van der Waals surface area contributed by atoms with Crippen LogP contribution in [-0.2, 0) is 18.7 Å². The van der Waals surface area contributed by atoms with Crippen molar-refractivity contribution in [3.63, 3.8) is 0 Å². The summed E-state index contributed by atoms with van der Waals surface area (Å²) in [6.07, 6.45) is 3.70. The minimum Gasteiger partial charge on any atom is -0.390 e. The molecule has 8 nitrogen and oxygen atoms in total. The topological polar surface area (TPSA) is 141 Å². The van der Waals surface area contributed by atoms with Crippen LogP contribution >= 0.6 is 7.82 Å². The van der Waals surface area contributed by atoms with Gasteiger partial charge in [-0.1, -0.05) is 25.5 Å². The molecule has 0 saturated heterocycles. The van der Waals surface area contributed by atoms with E-state index in [0.29, 0.717) is 24.8 Å². The summed E-state index contributed by atoms with van der Waals surface area (Å²) in [6, 6.07) is 0. The average Bonchev–Trinajstić information content (AvgIpc) is 2.89. The number of carbonyl (C=O) groups excluding carboxylic acids is 2. The van der Waals surface area contributed by atoms with E-state index in [9.17, 15) is 24.4 Å². The number of carbonyl (C=O) groups is 2. The highest BCUT2D eigenvalue weighted by Crippen LogP contribution is 2.70. The van der Waals surface area contributed by atoms with Crippen molar-refractivity contribution < 1.29 is 43.1 Å². The third kappa shape index (κ3) is 2.95. The van der Waals surface area contributed by atoms with Crippen LogP contribution in [0.25, 0.3) is 0 Å². The Bertz CT molecular complexity index is 973. The predicted octanol–water partition coefficient (Wildman–Crippen LogP) is 2.01. The quantitative estimate of drug-likeness (QED) is 0.456. The highest BCUT2D eigenvalue weighted by molar-refractivity contribution is 7.46. The summed E-state index contributed by atoms with van der Waals surface area (Å²) in [5, 5.41) is 22.8. The highest BCUT2D eigenvalue weighted by Gasteiger charge is 2.75. The molecule has 0 aromatic heterocycles. The van der Waals surface area contributed by atoms with Crippen LogP contribution in [0.2, 0.25) is 0 Å². The van der Waals surface area contributed by atoms with Gasteiger partial charge >= 0.3 is 7.82 Å². The van der Waals surface area contributed by atoms with Gasteiger partial charge in [-0.05, 0) is 56.6 Å². The van der Waals surface area contributed by atoms with Crippen molar-refractivity contribution in [3.8, 4) is 0 Å². The number of rotatable bonds is 4. The van der Waals surface area contributed by atoms with Crippen molar-refractivity contribution in [1.29, 1.82) is 0 Å². The molecule has 32 heavy (non-hydrogen) atoms. The Labute approximate surface area is 185 Å². The number of phosphoric ester groups is 1. The summed E-state index contributed by atoms with van der Waals surface area (Å²) in [6.45, 7) is 4.00. The van der Waals surface area contributed by atoms with Crippen LogP contribution in [0.1, 0.15) is 46.5 Å². The molecule has 0 aromatic rings. The minimum atomic E-state index is -4.93. The average molecular weight is 472 g/mol. The third-order valence-electron chi connectivity index (χ3n) is 9.01. The number of alkyl halides is 1. The van der Waals surface area contributed by atoms with Gasteiger partial charge in [-0.15, -0.1) is 0 Å². The molecule has 0 amide bonds. The van der Waals surface area contributed by atoms with E-state index in [1.54, 1.807) is 20.8 Å². The zero-order valence-corrected chi connectivity index (χ0v) is 19.2. The van der Waals surface area contributed by atoms with E-state index in [1.807, 2.05) is 0 Å². The van der Waals surface area contributed by atoms with Crippen LogP contribution in [0.4, 0.5) is 4.39 Å². The minimum absolute atomic E-state index is 0.211. The van der Waals surface area contributed by atoms with Gasteiger partial charge in [0.1, 0.15) is 12.2 Å². The molecular formula is C22H30FO8P. The number of Topliss-reactive ketones (excluding diaryl/α,β-unsaturated/α-hetero) is 1. The van der Waals surface area contributed by atoms with Gasteiger partial charge in [-0.2, -0.15) is 0 Å². The second-order valence-electron chi connectivity index (χ2n) is 10.4. The lowest BCUT2D eigenvalue weighted by molar-refractivity contribution is -0.219. The number of aliphatic hydroxyl groups excluding tert-OH is 1. The van der Waals surface area contributed by atoms with Gasteiger partial charge in [0.25, 0.3) is 0 Å². The molecule has 3 saturated carbocycles. The first kappa shape index (κ1) is 23.9. The maximum absolute atomic E-state index is 17.0. The Hall–Kier alpha value is -1.22. The van der Waals surface area contributed by atoms with E-state index in [2.05, 4.69) is 4.52 Å². The van der Waals surface area contributed by atoms with Gasteiger partial charge in [-0.25, -0.2) is 8.96 Å². The number of halogens is 1. The molecule has 3 fully saturated rings. The summed E-state index contributed by atoms with van der Waals surface area (Å²) in [4.78, 5) is 42.8. The largest absolute Gasteiger partial charge is 0.470 e. The Morgan fingerprint density at radius 2 is 1.97 bits per heavy atom. The van der Waals surface area contributed by atoms with Crippen LogP contribution < -0.4 is 0 Å². The number of aliphatic hydroxyl groups is 2. The lowest BCUT2D eigenvalue weighted by Crippen LogP contribution is -2.69. The van der Waals surface area contributed by atoms with E-state index in [-0.39, 0.29) is 12.2 Å². The second-order valence-corrected chi connectivity index (χ2v) is 11.6. The van der Waals surface area contributed by atoms with E-state index < -0.39 is 66.2 Å². The zero-order valence-electron chi connectivity index (χ0n) is 18.3. The van der Waals surface area contributed by atoms with E-state index in [4.69, 9.17) is 9.79 Å². The summed E-state index contributed by atoms with van der Waals surface area (Å²) >= 11 is 0.